The minimum absolute atomic E-state index is 0.116. The minimum atomic E-state index is -0.541. The van der Waals surface area contributed by atoms with Crippen LogP contribution in [0.15, 0.2) is 41.6 Å². The monoisotopic (exact) mass is 288 g/mol. The Morgan fingerprint density at radius 3 is 2.86 bits per heavy atom. The Morgan fingerprint density at radius 1 is 1.43 bits per heavy atom. The number of amides is 1. The predicted octanol–water partition coefficient (Wildman–Crippen LogP) is 1.10. The summed E-state index contributed by atoms with van der Waals surface area (Å²) in [5, 5.41) is 13.3. The van der Waals surface area contributed by atoms with Crippen molar-refractivity contribution in [2.45, 2.75) is 13.5 Å². The van der Waals surface area contributed by atoms with Crippen molar-refractivity contribution in [1.29, 1.82) is 0 Å². The molecular weight excluding hydrogens is 276 g/mol. The normalized spacial score (nSPS) is 10.1. The highest BCUT2D eigenvalue weighted by molar-refractivity contribution is 5.91. The van der Waals surface area contributed by atoms with Crippen molar-refractivity contribution >= 4 is 17.3 Å². The molecule has 0 aliphatic heterocycles. The lowest BCUT2D eigenvalue weighted by molar-refractivity contribution is -0.384. The molecule has 1 aromatic carbocycles. The molecule has 8 nitrogen and oxygen atoms in total. The van der Waals surface area contributed by atoms with Gasteiger partial charge in [0, 0.05) is 24.4 Å². The Labute approximate surface area is 119 Å². The molecule has 1 heterocycles. The van der Waals surface area contributed by atoms with E-state index in [0.29, 0.717) is 11.3 Å². The Kier molecular flexibility index (Phi) is 4.07. The molecule has 8 heteroatoms. The van der Waals surface area contributed by atoms with Crippen LogP contribution < -0.4 is 10.9 Å². The minimum Gasteiger partial charge on any atom is -0.324 e. The van der Waals surface area contributed by atoms with Gasteiger partial charge in [-0.15, -0.1) is 0 Å². The summed E-state index contributed by atoms with van der Waals surface area (Å²) in [6, 6.07) is 5.42. The number of rotatable bonds is 4. The second-order valence-corrected chi connectivity index (χ2v) is 4.35. The molecule has 1 aromatic heterocycles. The molecule has 0 spiro atoms. The fourth-order valence-corrected chi connectivity index (χ4v) is 1.70. The number of non-ortho nitro benzene ring substituents is 1. The average molecular weight is 288 g/mol. The number of aryl methyl sites for hydroxylation is 1. The molecule has 0 aliphatic carbocycles. The molecule has 2 aromatic rings. The van der Waals surface area contributed by atoms with Crippen molar-refractivity contribution in [3.8, 4) is 0 Å². The van der Waals surface area contributed by atoms with Crippen molar-refractivity contribution in [2.24, 2.45) is 0 Å². The van der Waals surface area contributed by atoms with Crippen LogP contribution in [0.3, 0.4) is 0 Å². The fraction of sp³-hybridized carbons (Fsp3) is 0.154. The first kappa shape index (κ1) is 14.4. The topological polar surface area (TPSA) is 107 Å². The summed E-state index contributed by atoms with van der Waals surface area (Å²) in [5.41, 5.74) is 0.559. The van der Waals surface area contributed by atoms with Crippen LogP contribution in [0, 0.1) is 17.0 Å². The molecule has 0 aliphatic rings. The number of aromatic nitrogens is 2. The Balaban J connectivity index is 2.16. The maximum atomic E-state index is 11.9. The highest BCUT2D eigenvalue weighted by atomic mass is 16.6. The van der Waals surface area contributed by atoms with Gasteiger partial charge in [-0.05, 0) is 12.5 Å². The lowest BCUT2D eigenvalue weighted by Crippen LogP contribution is -2.27. The van der Waals surface area contributed by atoms with E-state index < -0.39 is 10.8 Å². The molecule has 0 saturated carbocycles. The highest BCUT2D eigenvalue weighted by Crippen LogP contribution is 2.21. The highest BCUT2D eigenvalue weighted by Gasteiger charge is 2.11. The largest absolute Gasteiger partial charge is 0.324 e. The van der Waals surface area contributed by atoms with Crippen molar-refractivity contribution in [3.05, 3.63) is 62.8 Å². The summed E-state index contributed by atoms with van der Waals surface area (Å²) < 4.78 is 1.14. The Hall–Kier alpha value is -3.03. The van der Waals surface area contributed by atoms with Gasteiger partial charge in [0.25, 0.3) is 11.2 Å². The van der Waals surface area contributed by atoms with Crippen molar-refractivity contribution in [2.75, 3.05) is 5.32 Å². The molecule has 0 saturated heterocycles. The zero-order chi connectivity index (χ0) is 15.4. The Bertz CT molecular complexity index is 754. The van der Waals surface area contributed by atoms with Gasteiger partial charge in [-0.2, -0.15) is 0 Å². The smallest absolute Gasteiger partial charge is 0.271 e. The van der Waals surface area contributed by atoms with E-state index in [-0.39, 0.29) is 17.8 Å². The number of nitro benzene ring substituents is 1. The van der Waals surface area contributed by atoms with Gasteiger partial charge in [0.1, 0.15) is 6.54 Å². The number of nitrogens with one attached hydrogen (secondary N) is 1. The van der Waals surface area contributed by atoms with Gasteiger partial charge in [-0.1, -0.05) is 6.07 Å². The molecule has 0 radical (unpaired) electrons. The van der Waals surface area contributed by atoms with E-state index >= 15 is 0 Å². The molecule has 108 valence electrons. The number of anilines is 1. The van der Waals surface area contributed by atoms with Crippen LogP contribution in [0.2, 0.25) is 0 Å². The second kappa shape index (κ2) is 5.95. The van der Waals surface area contributed by atoms with Crippen molar-refractivity contribution in [3.63, 3.8) is 0 Å². The van der Waals surface area contributed by atoms with Gasteiger partial charge < -0.3 is 5.32 Å². The van der Waals surface area contributed by atoms with E-state index in [9.17, 15) is 19.7 Å². The molecule has 0 atom stereocenters. The van der Waals surface area contributed by atoms with E-state index in [1.807, 2.05) is 0 Å². The van der Waals surface area contributed by atoms with E-state index in [1.165, 1.54) is 30.7 Å². The van der Waals surface area contributed by atoms with Gasteiger partial charge in [0.05, 0.1) is 16.9 Å². The summed E-state index contributed by atoms with van der Waals surface area (Å²) in [6.45, 7) is 1.50. The van der Waals surface area contributed by atoms with Crippen molar-refractivity contribution < 1.29 is 9.72 Å². The first-order chi connectivity index (χ1) is 9.97. The molecular formula is C13H12N4O4. The first-order valence-corrected chi connectivity index (χ1v) is 6.03. The third-order valence-corrected chi connectivity index (χ3v) is 2.81. The molecule has 0 unspecified atom stereocenters. The molecule has 0 bridgehead atoms. The van der Waals surface area contributed by atoms with Gasteiger partial charge in [0.15, 0.2) is 0 Å². The lowest BCUT2D eigenvalue weighted by Gasteiger charge is -2.09. The number of benzene rings is 1. The maximum Gasteiger partial charge on any atom is 0.271 e. The fourth-order valence-electron chi connectivity index (χ4n) is 1.70. The lowest BCUT2D eigenvalue weighted by atomic mass is 10.2. The average Bonchev–Trinajstić information content (AvgIpc) is 2.43. The van der Waals surface area contributed by atoms with Crippen LogP contribution in [-0.4, -0.2) is 20.4 Å². The van der Waals surface area contributed by atoms with Crippen LogP contribution >= 0.6 is 0 Å². The van der Waals surface area contributed by atoms with Gasteiger partial charge in [-0.25, -0.2) is 4.98 Å². The molecule has 0 fully saturated rings. The standard InChI is InChI=1S/C13H12N4O4/c1-9-2-3-10(17(20)21)6-11(9)15-12(18)7-16-8-14-5-4-13(16)19/h2-6,8H,7H2,1H3,(H,15,18). The number of carbonyl (C=O) groups excluding carboxylic acids is 1. The number of carbonyl (C=O) groups is 1. The van der Waals surface area contributed by atoms with Gasteiger partial charge in [0.2, 0.25) is 5.91 Å². The number of nitrogens with zero attached hydrogens (tertiary/aromatic N) is 3. The van der Waals surface area contributed by atoms with Gasteiger partial charge in [-0.3, -0.25) is 24.3 Å². The number of hydrogen-bond acceptors (Lipinski definition) is 5. The summed E-state index contributed by atoms with van der Waals surface area (Å²) in [4.78, 5) is 37.3. The van der Waals surface area contributed by atoms with Crippen LogP contribution in [0.5, 0.6) is 0 Å². The molecule has 2 rings (SSSR count). The predicted molar refractivity (Wildman–Crippen MR) is 75.0 cm³/mol. The number of nitro groups is 1. The quantitative estimate of drug-likeness (QED) is 0.669. The van der Waals surface area contributed by atoms with E-state index in [2.05, 4.69) is 10.3 Å². The summed E-state index contributed by atoms with van der Waals surface area (Å²) in [6.07, 6.45) is 2.59. The van der Waals surface area contributed by atoms with Crippen LogP contribution in [0.25, 0.3) is 0 Å². The van der Waals surface area contributed by atoms with Crippen LogP contribution in [-0.2, 0) is 11.3 Å². The second-order valence-electron chi connectivity index (χ2n) is 4.35. The zero-order valence-corrected chi connectivity index (χ0v) is 11.1. The van der Waals surface area contributed by atoms with E-state index in [1.54, 1.807) is 13.0 Å². The summed E-state index contributed by atoms with van der Waals surface area (Å²) >= 11 is 0. The van der Waals surface area contributed by atoms with Crippen molar-refractivity contribution in [1.82, 2.24) is 9.55 Å². The summed E-state index contributed by atoms with van der Waals surface area (Å²) in [5.74, 6) is -0.464. The Morgan fingerprint density at radius 2 is 2.19 bits per heavy atom. The van der Waals surface area contributed by atoms with Crippen LogP contribution in [0.1, 0.15) is 5.56 Å². The molecule has 1 N–H and O–H groups in total. The summed E-state index contributed by atoms with van der Waals surface area (Å²) in [7, 11) is 0. The molecule has 1 amide bonds. The SMILES string of the molecule is Cc1ccc([N+](=O)[O-])cc1NC(=O)Cn1cnccc1=O. The first-order valence-electron chi connectivity index (χ1n) is 6.03. The molecule has 21 heavy (non-hydrogen) atoms. The maximum absolute atomic E-state index is 11.9. The van der Waals surface area contributed by atoms with Crippen LogP contribution in [0.4, 0.5) is 11.4 Å². The van der Waals surface area contributed by atoms with Gasteiger partial charge >= 0.3 is 0 Å². The zero-order valence-electron chi connectivity index (χ0n) is 11.1. The number of hydrogen-bond donors (Lipinski definition) is 1. The van der Waals surface area contributed by atoms with E-state index in [4.69, 9.17) is 0 Å². The van der Waals surface area contributed by atoms with E-state index in [0.717, 1.165) is 4.57 Å². The third-order valence-electron chi connectivity index (χ3n) is 2.81. The third kappa shape index (κ3) is 3.50.